The first-order valence-corrected chi connectivity index (χ1v) is 5.36. The van der Waals surface area contributed by atoms with Crippen LogP contribution in [0.1, 0.15) is 33.1 Å². The highest BCUT2D eigenvalue weighted by atomic mass is 16.4. The van der Waals surface area contributed by atoms with Gasteiger partial charge in [0.15, 0.2) is 5.84 Å². The van der Waals surface area contributed by atoms with E-state index in [0.29, 0.717) is 11.8 Å². The lowest BCUT2D eigenvalue weighted by Gasteiger charge is -2.23. The lowest BCUT2D eigenvalue weighted by atomic mass is 10.1. The van der Waals surface area contributed by atoms with Gasteiger partial charge in [-0.3, -0.25) is 4.90 Å². The molecule has 1 heterocycles. The standard InChI is InChI=1S/C10H21N3O/c1-8(2)5-7-13-6-3-4-9(13)10(11)12-14/h8-9,14H,3-7H2,1-2H3,(H2,11,12). The summed E-state index contributed by atoms with van der Waals surface area (Å²) in [7, 11) is 0. The number of hydrogen-bond donors (Lipinski definition) is 2. The highest BCUT2D eigenvalue weighted by molar-refractivity contribution is 5.85. The molecular weight excluding hydrogens is 178 g/mol. The number of oxime groups is 1. The third kappa shape index (κ3) is 2.87. The maximum atomic E-state index is 8.63. The summed E-state index contributed by atoms with van der Waals surface area (Å²) >= 11 is 0. The molecule has 1 saturated heterocycles. The maximum Gasteiger partial charge on any atom is 0.156 e. The van der Waals surface area contributed by atoms with Gasteiger partial charge >= 0.3 is 0 Å². The van der Waals surface area contributed by atoms with Crippen LogP contribution in [0.2, 0.25) is 0 Å². The Morgan fingerprint density at radius 3 is 2.93 bits per heavy atom. The Kier molecular flexibility index (Phi) is 4.20. The largest absolute Gasteiger partial charge is 0.409 e. The molecule has 0 saturated carbocycles. The van der Waals surface area contributed by atoms with E-state index in [4.69, 9.17) is 10.9 Å². The molecule has 1 aliphatic rings. The molecule has 4 nitrogen and oxygen atoms in total. The van der Waals surface area contributed by atoms with Crippen molar-refractivity contribution in [1.82, 2.24) is 4.90 Å². The SMILES string of the molecule is CC(C)CCN1CCCC1C(N)=NO. The molecule has 1 aliphatic heterocycles. The van der Waals surface area contributed by atoms with Gasteiger partial charge in [0.2, 0.25) is 0 Å². The minimum absolute atomic E-state index is 0.166. The zero-order valence-electron chi connectivity index (χ0n) is 9.11. The van der Waals surface area contributed by atoms with Crippen LogP contribution in [0.25, 0.3) is 0 Å². The Morgan fingerprint density at radius 1 is 1.64 bits per heavy atom. The van der Waals surface area contributed by atoms with Crippen LogP contribution in [0.4, 0.5) is 0 Å². The summed E-state index contributed by atoms with van der Waals surface area (Å²) in [6, 6.07) is 0.166. The summed E-state index contributed by atoms with van der Waals surface area (Å²) in [4.78, 5) is 2.31. The van der Waals surface area contributed by atoms with Gasteiger partial charge in [-0.1, -0.05) is 19.0 Å². The number of hydrogen-bond acceptors (Lipinski definition) is 3. The van der Waals surface area contributed by atoms with Crippen molar-refractivity contribution < 1.29 is 5.21 Å². The molecule has 0 aliphatic carbocycles. The number of amidine groups is 1. The minimum Gasteiger partial charge on any atom is -0.409 e. The first kappa shape index (κ1) is 11.3. The van der Waals surface area contributed by atoms with E-state index in [-0.39, 0.29) is 6.04 Å². The van der Waals surface area contributed by atoms with E-state index < -0.39 is 0 Å². The molecule has 0 bridgehead atoms. The third-order valence-corrected chi connectivity index (χ3v) is 2.81. The van der Waals surface area contributed by atoms with E-state index in [0.717, 1.165) is 25.9 Å². The molecule has 0 amide bonds. The molecule has 82 valence electrons. The van der Waals surface area contributed by atoms with Crippen LogP contribution in [0, 0.1) is 5.92 Å². The summed E-state index contributed by atoms with van der Waals surface area (Å²) in [5.41, 5.74) is 5.63. The van der Waals surface area contributed by atoms with Crippen molar-refractivity contribution in [2.24, 2.45) is 16.8 Å². The molecule has 1 unspecified atom stereocenters. The second-order valence-corrected chi connectivity index (χ2v) is 4.40. The molecule has 1 rings (SSSR count). The van der Waals surface area contributed by atoms with E-state index in [1.54, 1.807) is 0 Å². The Morgan fingerprint density at radius 2 is 2.36 bits per heavy atom. The Hall–Kier alpha value is -0.770. The third-order valence-electron chi connectivity index (χ3n) is 2.81. The number of nitrogens with zero attached hydrogens (tertiary/aromatic N) is 2. The van der Waals surface area contributed by atoms with Crippen LogP contribution in [0.5, 0.6) is 0 Å². The second-order valence-electron chi connectivity index (χ2n) is 4.40. The van der Waals surface area contributed by atoms with Gasteiger partial charge in [-0.15, -0.1) is 0 Å². The van der Waals surface area contributed by atoms with E-state index in [2.05, 4.69) is 23.9 Å². The average Bonchev–Trinajstić information content (AvgIpc) is 2.61. The van der Waals surface area contributed by atoms with E-state index in [9.17, 15) is 0 Å². The Balaban J connectivity index is 2.43. The van der Waals surface area contributed by atoms with Crippen molar-refractivity contribution in [1.29, 1.82) is 0 Å². The van der Waals surface area contributed by atoms with Crippen molar-refractivity contribution in [3.8, 4) is 0 Å². The van der Waals surface area contributed by atoms with Gasteiger partial charge in [0, 0.05) is 0 Å². The van der Waals surface area contributed by atoms with Crippen LogP contribution >= 0.6 is 0 Å². The second kappa shape index (κ2) is 5.20. The first-order chi connectivity index (χ1) is 6.65. The zero-order chi connectivity index (χ0) is 10.6. The molecular formula is C10H21N3O. The van der Waals surface area contributed by atoms with Crippen LogP contribution in [0.3, 0.4) is 0 Å². The number of nitrogens with two attached hydrogens (primary N) is 1. The fourth-order valence-electron chi connectivity index (χ4n) is 1.92. The summed E-state index contributed by atoms with van der Waals surface area (Å²) in [6.07, 6.45) is 3.35. The van der Waals surface area contributed by atoms with Gasteiger partial charge in [-0.05, 0) is 38.3 Å². The molecule has 14 heavy (non-hydrogen) atoms. The van der Waals surface area contributed by atoms with E-state index in [1.807, 2.05) is 0 Å². The maximum absolute atomic E-state index is 8.63. The van der Waals surface area contributed by atoms with Gasteiger partial charge in [0.05, 0.1) is 6.04 Å². The zero-order valence-corrected chi connectivity index (χ0v) is 9.11. The van der Waals surface area contributed by atoms with Gasteiger partial charge in [-0.2, -0.15) is 0 Å². The highest BCUT2D eigenvalue weighted by Crippen LogP contribution is 2.18. The topological polar surface area (TPSA) is 61.8 Å². The fraction of sp³-hybridized carbons (Fsp3) is 0.900. The summed E-state index contributed by atoms with van der Waals surface area (Å²) in [5.74, 6) is 1.08. The Bertz CT molecular complexity index is 204. The molecule has 3 N–H and O–H groups in total. The molecule has 0 aromatic rings. The van der Waals surface area contributed by atoms with Gasteiger partial charge in [0.1, 0.15) is 0 Å². The van der Waals surface area contributed by atoms with Crippen molar-refractivity contribution in [3.05, 3.63) is 0 Å². The van der Waals surface area contributed by atoms with Crippen molar-refractivity contribution in [3.63, 3.8) is 0 Å². The molecule has 1 fully saturated rings. The summed E-state index contributed by atoms with van der Waals surface area (Å²) in [6.45, 7) is 6.56. The number of likely N-dealkylation sites (tertiary alicyclic amines) is 1. The molecule has 0 spiro atoms. The predicted octanol–water partition coefficient (Wildman–Crippen LogP) is 1.24. The van der Waals surface area contributed by atoms with Gasteiger partial charge in [-0.25, -0.2) is 0 Å². The molecule has 0 aromatic heterocycles. The molecule has 0 aromatic carbocycles. The lowest BCUT2D eigenvalue weighted by molar-refractivity contribution is 0.268. The van der Waals surface area contributed by atoms with E-state index >= 15 is 0 Å². The molecule has 1 atom stereocenters. The number of rotatable bonds is 4. The quantitative estimate of drug-likeness (QED) is 0.310. The smallest absolute Gasteiger partial charge is 0.156 e. The summed E-state index contributed by atoms with van der Waals surface area (Å²) < 4.78 is 0. The fourth-order valence-corrected chi connectivity index (χ4v) is 1.92. The van der Waals surface area contributed by atoms with Crippen LogP contribution in [0.15, 0.2) is 5.16 Å². The predicted molar refractivity (Wildman–Crippen MR) is 57.5 cm³/mol. The van der Waals surface area contributed by atoms with Gasteiger partial charge in [0.25, 0.3) is 0 Å². The van der Waals surface area contributed by atoms with Crippen molar-refractivity contribution in [2.45, 2.75) is 39.2 Å². The molecule has 4 heteroatoms. The monoisotopic (exact) mass is 199 g/mol. The van der Waals surface area contributed by atoms with Crippen LogP contribution < -0.4 is 5.73 Å². The molecule has 0 radical (unpaired) electrons. The lowest BCUT2D eigenvalue weighted by Crippen LogP contribution is -2.41. The van der Waals surface area contributed by atoms with Crippen molar-refractivity contribution >= 4 is 5.84 Å². The normalized spacial score (nSPS) is 24.8. The Labute approximate surface area is 85.8 Å². The van der Waals surface area contributed by atoms with E-state index in [1.165, 1.54) is 6.42 Å². The van der Waals surface area contributed by atoms with Crippen LogP contribution in [-0.4, -0.2) is 35.1 Å². The van der Waals surface area contributed by atoms with Crippen molar-refractivity contribution in [2.75, 3.05) is 13.1 Å². The van der Waals surface area contributed by atoms with Gasteiger partial charge < -0.3 is 10.9 Å². The average molecular weight is 199 g/mol. The minimum atomic E-state index is 0.166. The summed E-state index contributed by atoms with van der Waals surface area (Å²) in [5, 5.41) is 11.7. The van der Waals surface area contributed by atoms with Crippen LogP contribution in [-0.2, 0) is 0 Å². The highest BCUT2D eigenvalue weighted by Gasteiger charge is 2.27. The first-order valence-electron chi connectivity index (χ1n) is 5.36.